The summed E-state index contributed by atoms with van der Waals surface area (Å²) >= 11 is 0. The monoisotopic (exact) mass is 320 g/mol. The third-order valence-electron chi connectivity index (χ3n) is 3.69. The van der Waals surface area contributed by atoms with Crippen LogP contribution in [0.4, 0.5) is 5.69 Å². The van der Waals surface area contributed by atoms with Crippen LogP contribution in [0.25, 0.3) is 6.08 Å². The summed E-state index contributed by atoms with van der Waals surface area (Å²) in [6.45, 7) is 3.83. The van der Waals surface area contributed by atoms with E-state index in [0.717, 1.165) is 24.3 Å². The molecule has 0 heterocycles. The lowest BCUT2D eigenvalue weighted by atomic mass is 10.1. The minimum absolute atomic E-state index is 0.0121. The van der Waals surface area contributed by atoms with Crippen LogP contribution < -0.4 is 4.90 Å². The fourth-order valence-corrected chi connectivity index (χ4v) is 2.38. The zero-order valence-electron chi connectivity index (χ0n) is 13.9. The van der Waals surface area contributed by atoms with Crippen LogP contribution in [-0.4, -0.2) is 19.6 Å². The van der Waals surface area contributed by atoms with Crippen molar-refractivity contribution in [3.05, 3.63) is 71.3 Å². The number of methoxy groups -OCH3 is 1. The highest BCUT2D eigenvalue weighted by atomic mass is 16.5. The molecular formula is C20H20N2O2. The maximum absolute atomic E-state index is 11.5. The van der Waals surface area contributed by atoms with Crippen LogP contribution in [0.1, 0.15) is 18.1 Å². The minimum atomic E-state index is -0.624. The second-order valence-electron chi connectivity index (χ2n) is 5.25. The maximum Gasteiger partial charge on any atom is 0.348 e. The molecule has 0 amide bonds. The highest BCUT2D eigenvalue weighted by Gasteiger charge is 2.09. The molecule has 0 fully saturated rings. The van der Waals surface area contributed by atoms with E-state index < -0.39 is 5.97 Å². The Morgan fingerprint density at radius 3 is 2.38 bits per heavy atom. The quantitative estimate of drug-likeness (QED) is 0.461. The second kappa shape index (κ2) is 8.54. The standard InChI is InChI=1S/C20H20N2O2/c1-3-22(15-17-7-5-4-6-8-17)19-11-9-16(10-12-19)13-18(14-21)20(23)24-2/h4-13H,3,15H2,1-2H3/b18-13+. The van der Waals surface area contributed by atoms with E-state index in [4.69, 9.17) is 5.26 Å². The Morgan fingerprint density at radius 2 is 1.83 bits per heavy atom. The first-order valence-corrected chi connectivity index (χ1v) is 7.77. The van der Waals surface area contributed by atoms with Gasteiger partial charge in [0.15, 0.2) is 0 Å². The van der Waals surface area contributed by atoms with Crippen molar-refractivity contribution in [2.45, 2.75) is 13.5 Å². The number of nitriles is 1. The van der Waals surface area contributed by atoms with Gasteiger partial charge in [-0.2, -0.15) is 5.26 Å². The lowest BCUT2D eigenvalue weighted by molar-refractivity contribution is -0.135. The largest absolute Gasteiger partial charge is 0.465 e. The van der Waals surface area contributed by atoms with Gasteiger partial charge in [0, 0.05) is 18.8 Å². The Morgan fingerprint density at radius 1 is 1.17 bits per heavy atom. The van der Waals surface area contributed by atoms with Gasteiger partial charge in [-0.15, -0.1) is 0 Å². The zero-order valence-corrected chi connectivity index (χ0v) is 13.9. The average molecular weight is 320 g/mol. The van der Waals surface area contributed by atoms with Crippen LogP contribution >= 0.6 is 0 Å². The average Bonchev–Trinajstić information content (AvgIpc) is 2.65. The number of esters is 1. The van der Waals surface area contributed by atoms with Gasteiger partial charge in [0.05, 0.1) is 7.11 Å². The summed E-state index contributed by atoms with van der Waals surface area (Å²) < 4.78 is 4.58. The van der Waals surface area contributed by atoms with Crippen molar-refractivity contribution in [2.75, 3.05) is 18.6 Å². The molecule has 2 rings (SSSR count). The Labute approximate surface area is 142 Å². The van der Waals surface area contributed by atoms with Gasteiger partial charge in [-0.25, -0.2) is 4.79 Å². The van der Waals surface area contributed by atoms with Crippen LogP contribution in [-0.2, 0) is 16.1 Å². The van der Waals surface area contributed by atoms with Gasteiger partial charge in [0.2, 0.25) is 0 Å². The number of anilines is 1. The van der Waals surface area contributed by atoms with Crippen LogP contribution in [0.3, 0.4) is 0 Å². The summed E-state index contributed by atoms with van der Waals surface area (Å²) in [4.78, 5) is 13.7. The zero-order chi connectivity index (χ0) is 17.4. The molecule has 2 aromatic rings. The molecule has 0 aromatic heterocycles. The molecule has 24 heavy (non-hydrogen) atoms. The normalized spacial score (nSPS) is 10.8. The number of hydrogen-bond donors (Lipinski definition) is 0. The highest BCUT2D eigenvalue weighted by molar-refractivity contribution is 5.97. The van der Waals surface area contributed by atoms with E-state index >= 15 is 0 Å². The summed E-state index contributed by atoms with van der Waals surface area (Å²) in [5.74, 6) is -0.624. The fourth-order valence-electron chi connectivity index (χ4n) is 2.38. The Hall–Kier alpha value is -3.06. The number of rotatable bonds is 6. The van der Waals surface area contributed by atoms with Gasteiger partial charge in [0.25, 0.3) is 0 Å². The van der Waals surface area contributed by atoms with E-state index in [1.807, 2.05) is 48.5 Å². The summed E-state index contributed by atoms with van der Waals surface area (Å²) in [6.07, 6.45) is 1.53. The number of benzene rings is 2. The predicted octanol–water partition coefficient (Wildman–Crippen LogP) is 3.79. The van der Waals surface area contributed by atoms with Crippen molar-refractivity contribution < 1.29 is 9.53 Å². The molecule has 122 valence electrons. The first-order chi connectivity index (χ1) is 11.7. The molecule has 0 radical (unpaired) electrons. The summed E-state index contributed by atoms with van der Waals surface area (Å²) in [6, 6.07) is 19.9. The SMILES string of the molecule is CCN(Cc1ccccc1)c1ccc(/C=C(\C#N)C(=O)OC)cc1. The van der Waals surface area contributed by atoms with Gasteiger partial charge in [0.1, 0.15) is 11.6 Å². The molecule has 0 spiro atoms. The van der Waals surface area contributed by atoms with Crippen molar-refractivity contribution in [3.8, 4) is 6.07 Å². The van der Waals surface area contributed by atoms with E-state index in [1.54, 1.807) is 0 Å². The van der Waals surface area contributed by atoms with Crippen LogP contribution in [0.2, 0.25) is 0 Å². The highest BCUT2D eigenvalue weighted by Crippen LogP contribution is 2.19. The number of hydrogen-bond acceptors (Lipinski definition) is 4. The van der Waals surface area contributed by atoms with Crippen molar-refractivity contribution in [3.63, 3.8) is 0 Å². The van der Waals surface area contributed by atoms with Crippen LogP contribution in [0.15, 0.2) is 60.2 Å². The molecule has 0 aliphatic carbocycles. The second-order valence-corrected chi connectivity index (χ2v) is 5.25. The lowest BCUT2D eigenvalue weighted by Gasteiger charge is -2.23. The minimum Gasteiger partial charge on any atom is -0.465 e. The van der Waals surface area contributed by atoms with E-state index in [1.165, 1.54) is 18.7 Å². The molecule has 0 saturated carbocycles. The van der Waals surface area contributed by atoms with Crippen LogP contribution in [0, 0.1) is 11.3 Å². The van der Waals surface area contributed by atoms with Crippen molar-refractivity contribution in [1.82, 2.24) is 0 Å². The molecule has 4 heteroatoms. The van der Waals surface area contributed by atoms with Gasteiger partial charge >= 0.3 is 5.97 Å². The van der Waals surface area contributed by atoms with E-state index in [2.05, 4.69) is 28.7 Å². The van der Waals surface area contributed by atoms with Gasteiger partial charge in [-0.1, -0.05) is 42.5 Å². The van der Waals surface area contributed by atoms with Crippen LogP contribution in [0.5, 0.6) is 0 Å². The molecule has 0 aliphatic rings. The topological polar surface area (TPSA) is 53.3 Å². The maximum atomic E-state index is 11.5. The molecule has 0 unspecified atom stereocenters. The fraction of sp³-hybridized carbons (Fsp3) is 0.200. The third kappa shape index (κ3) is 4.47. The first kappa shape index (κ1) is 17.3. The molecule has 0 aliphatic heterocycles. The summed E-state index contributed by atoms with van der Waals surface area (Å²) in [7, 11) is 1.26. The van der Waals surface area contributed by atoms with Crippen molar-refractivity contribution in [2.24, 2.45) is 0 Å². The molecule has 4 nitrogen and oxygen atoms in total. The van der Waals surface area contributed by atoms with Crippen molar-refractivity contribution in [1.29, 1.82) is 5.26 Å². The molecule has 0 N–H and O–H groups in total. The van der Waals surface area contributed by atoms with Crippen molar-refractivity contribution >= 4 is 17.7 Å². The number of carbonyl (C=O) groups is 1. The summed E-state index contributed by atoms with van der Waals surface area (Å²) in [5, 5.41) is 9.01. The molecule has 0 atom stereocenters. The molecular weight excluding hydrogens is 300 g/mol. The first-order valence-electron chi connectivity index (χ1n) is 7.77. The Balaban J connectivity index is 2.17. The van der Waals surface area contributed by atoms with Gasteiger partial charge in [-0.3, -0.25) is 0 Å². The number of ether oxygens (including phenoxy) is 1. The Bertz CT molecular complexity index is 743. The Kier molecular flexibility index (Phi) is 6.16. The van der Waals surface area contributed by atoms with E-state index in [9.17, 15) is 4.79 Å². The van der Waals surface area contributed by atoms with E-state index in [-0.39, 0.29) is 5.57 Å². The van der Waals surface area contributed by atoms with E-state index in [0.29, 0.717) is 0 Å². The molecule has 0 saturated heterocycles. The number of nitrogens with zero attached hydrogens (tertiary/aromatic N) is 2. The van der Waals surface area contributed by atoms with Gasteiger partial charge in [-0.05, 0) is 36.3 Å². The molecule has 2 aromatic carbocycles. The predicted molar refractivity (Wildman–Crippen MR) is 95.2 cm³/mol. The summed E-state index contributed by atoms with van der Waals surface area (Å²) in [5.41, 5.74) is 3.12. The lowest BCUT2D eigenvalue weighted by Crippen LogP contribution is -2.21. The third-order valence-corrected chi connectivity index (χ3v) is 3.69. The smallest absolute Gasteiger partial charge is 0.348 e. The number of carbonyl (C=O) groups excluding carboxylic acids is 1. The van der Waals surface area contributed by atoms with Gasteiger partial charge < -0.3 is 9.64 Å². The molecule has 0 bridgehead atoms.